The lowest BCUT2D eigenvalue weighted by atomic mass is 10.3. The number of hydrogen-bond acceptors (Lipinski definition) is 3. The van der Waals surface area contributed by atoms with Crippen LogP contribution in [0.25, 0.3) is 0 Å². The van der Waals surface area contributed by atoms with Crippen LogP contribution in [0, 0.1) is 6.92 Å². The van der Waals surface area contributed by atoms with Gasteiger partial charge in [-0.1, -0.05) is 5.16 Å². The number of aromatic nitrogens is 3. The molecule has 0 aliphatic carbocycles. The van der Waals surface area contributed by atoms with E-state index in [1.165, 1.54) is 7.11 Å². The van der Waals surface area contributed by atoms with Gasteiger partial charge in [0, 0.05) is 30.9 Å². The van der Waals surface area contributed by atoms with Crippen molar-refractivity contribution >= 4 is 6.21 Å². The van der Waals surface area contributed by atoms with Crippen LogP contribution in [0.3, 0.4) is 0 Å². The van der Waals surface area contributed by atoms with Crippen molar-refractivity contribution < 1.29 is 9.40 Å². The van der Waals surface area contributed by atoms with E-state index in [4.69, 9.17) is 0 Å². The standard InChI is InChI=1S/C8H11N2O.C5H8N2/c1-10-5-3-8(4-6-10)7-9-11-2;1-5-3-7(2)4-6-5/h3-7H,1-2H3;3-4H,1-2H3/q+1;/b9-7-;. The third-order valence-corrected chi connectivity index (χ3v) is 2.15. The molecule has 0 spiro atoms. The molecule has 18 heavy (non-hydrogen) atoms. The predicted octanol–water partition coefficient (Wildman–Crippen LogP) is 1.22. The van der Waals surface area contributed by atoms with Crippen LogP contribution in [0.2, 0.25) is 0 Å². The van der Waals surface area contributed by atoms with Gasteiger partial charge >= 0.3 is 0 Å². The highest BCUT2D eigenvalue weighted by molar-refractivity contribution is 5.78. The topological polar surface area (TPSA) is 43.3 Å². The highest BCUT2D eigenvalue weighted by Crippen LogP contribution is 1.89. The van der Waals surface area contributed by atoms with Crippen molar-refractivity contribution in [3.05, 3.63) is 48.3 Å². The van der Waals surface area contributed by atoms with Crippen molar-refractivity contribution in [1.29, 1.82) is 0 Å². The Hall–Kier alpha value is -2.17. The van der Waals surface area contributed by atoms with Gasteiger partial charge in [-0.2, -0.15) is 0 Å². The number of imidazole rings is 1. The molecule has 0 saturated heterocycles. The van der Waals surface area contributed by atoms with E-state index in [2.05, 4.69) is 15.0 Å². The van der Waals surface area contributed by atoms with Crippen molar-refractivity contribution in [2.24, 2.45) is 19.3 Å². The fraction of sp³-hybridized carbons (Fsp3) is 0.308. The van der Waals surface area contributed by atoms with Gasteiger partial charge in [0.1, 0.15) is 14.2 Å². The molecule has 0 aliphatic heterocycles. The van der Waals surface area contributed by atoms with Crippen LogP contribution < -0.4 is 4.57 Å². The molecule has 96 valence electrons. The molecule has 2 heterocycles. The highest BCUT2D eigenvalue weighted by atomic mass is 16.6. The first kappa shape index (κ1) is 13.9. The normalized spacial score (nSPS) is 10.0. The Kier molecular flexibility index (Phi) is 5.57. The van der Waals surface area contributed by atoms with Crippen LogP contribution >= 0.6 is 0 Å². The first-order valence-corrected chi connectivity index (χ1v) is 5.58. The number of nitrogens with zero attached hydrogens (tertiary/aromatic N) is 4. The lowest BCUT2D eigenvalue weighted by Gasteiger charge is -1.88. The van der Waals surface area contributed by atoms with Crippen molar-refractivity contribution in [1.82, 2.24) is 9.55 Å². The van der Waals surface area contributed by atoms with E-state index >= 15 is 0 Å². The van der Waals surface area contributed by atoms with E-state index in [1.54, 1.807) is 12.5 Å². The van der Waals surface area contributed by atoms with Crippen LogP contribution in [-0.4, -0.2) is 22.9 Å². The zero-order chi connectivity index (χ0) is 13.4. The summed E-state index contributed by atoms with van der Waals surface area (Å²) in [6, 6.07) is 3.92. The third kappa shape index (κ3) is 5.25. The second-order valence-corrected chi connectivity index (χ2v) is 3.89. The molecule has 2 aromatic rings. The zero-order valence-corrected chi connectivity index (χ0v) is 11.2. The van der Waals surface area contributed by atoms with Gasteiger partial charge in [0.15, 0.2) is 12.4 Å². The molecule has 0 aliphatic rings. The largest absolute Gasteiger partial charge is 0.399 e. The Bertz CT molecular complexity index is 471. The van der Waals surface area contributed by atoms with Crippen molar-refractivity contribution in [3.8, 4) is 0 Å². The molecular weight excluding hydrogens is 228 g/mol. The SMILES string of the molecule is CO/N=C\c1cc[n+](C)cc1.Cc1cn(C)cn1. The molecule has 0 atom stereocenters. The molecule has 0 amide bonds. The van der Waals surface area contributed by atoms with Gasteiger partial charge in [-0.05, 0) is 6.92 Å². The molecule has 0 radical (unpaired) electrons. The van der Waals surface area contributed by atoms with E-state index in [0.29, 0.717) is 0 Å². The number of hydrogen-bond donors (Lipinski definition) is 0. The van der Waals surface area contributed by atoms with Gasteiger partial charge in [0.2, 0.25) is 0 Å². The van der Waals surface area contributed by atoms with Gasteiger partial charge in [0.25, 0.3) is 0 Å². The molecule has 5 nitrogen and oxygen atoms in total. The molecule has 0 unspecified atom stereocenters. The molecule has 0 saturated carbocycles. The second-order valence-electron chi connectivity index (χ2n) is 3.89. The third-order valence-electron chi connectivity index (χ3n) is 2.15. The fourth-order valence-corrected chi connectivity index (χ4v) is 1.26. The summed E-state index contributed by atoms with van der Waals surface area (Å²) in [7, 11) is 5.46. The van der Waals surface area contributed by atoms with Gasteiger partial charge in [-0.25, -0.2) is 9.55 Å². The average Bonchev–Trinajstić information content (AvgIpc) is 2.73. The van der Waals surface area contributed by atoms with Crippen molar-refractivity contribution in [3.63, 3.8) is 0 Å². The Morgan fingerprint density at radius 3 is 2.44 bits per heavy atom. The number of aryl methyl sites for hydroxylation is 3. The molecule has 0 N–H and O–H groups in total. The van der Waals surface area contributed by atoms with Crippen LogP contribution in [0.5, 0.6) is 0 Å². The summed E-state index contributed by atoms with van der Waals surface area (Å²) < 4.78 is 3.89. The lowest BCUT2D eigenvalue weighted by Crippen LogP contribution is -2.25. The first-order valence-electron chi connectivity index (χ1n) is 5.58. The minimum Gasteiger partial charge on any atom is -0.399 e. The number of pyridine rings is 1. The number of oxime groups is 1. The van der Waals surface area contributed by atoms with Crippen LogP contribution in [0.1, 0.15) is 11.3 Å². The summed E-state index contributed by atoms with van der Waals surface area (Å²) in [5, 5.41) is 3.64. The van der Waals surface area contributed by atoms with E-state index in [9.17, 15) is 0 Å². The van der Waals surface area contributed by atoms with Crippen LogP contribution in [0.15, 0.2) is 42.2 Å². The summed E-state index contributed by atoms with van der Waals surface area (Å²) in [6.07, 6.45) is 9.34. The molecular formula is C13H19N4O+. The van der Waals surface area contributed by atoms with Crippen LogP contribution in [0.4, 0.5) is 0 Å². The van der Waals surface area contributed by atoms with Gasteiger partial charge < -0.3 is 9.40 Å². The van der Waals surface area contributed by atoms with Crippen molar-refractivity contribution in [2.45, 2.75) is 6.92 Å². The average molecular weight is 247 g/mol. The predicted molar refractivity (Wildman–Crippen MR) is 70.2 cm³/mol. The quantitative estimate of drug-likeness (QED) is 0.455. The van der Waals surface area contributed by atoms with E-state index in [0.717, 1.165) is 11.3 Å². The van der Waals surface area contributed by atoms with Gasteiger partial charge in [-0.15, -0.1) is 0 Å². The molecule has 0 aromatic carbocycles. The van der Waals surface area contributed by atoms with Gasteiger partial charge in [-0.3, -0.25) is 0 Å². The van der Waals surface area contributed by atoms with Crippen LogP contribution in [-0.2, 0) is 18.9 Å². The molecule has 0 bridgehead atoms. The Labute approximate surface area is 107 Å². The Morgan fingerprint density at radius 1 is 1.39 bits per heavy atom. The summed E-state index contributed by atoms with van der Waals surface area (Å²) in [5.41, 5.74) is 2.10. The lowest BCUT2D eigenvalue weighted by molar-refractivity contribution is -0.671. The van der Waals surface area contributed by atoms with E-state index in [1.807, 2.05) is 60.9 Å². The Balaban J connectivity index is 0.000000199. The zero-order valence-electron chi connectivity index (χ0n) is 11.2. The molecule has 2 rings (SSSR count). The molecule has 5 heteroatoms. The van der Waals surface area contributed by atoms with E-state index in [-0.39, 0.29) is 0 Å². The fourth-order valence-electron chi connectivity index (χ4n) is 1.26. The maximum Gasteiger partial charge on any atom is 0.169 e. The second kappa shape index (κ2) is 7.21. The maximum atomic E-state index is 4.54. The smallest absolute Gasteiger partial charge is 0.169 e. The van der Waals surface area contributed by atoms with Crippen molar-refractivity contribution in [2.75, 3.05) is 7.11 Å². The van der Waals surface area contributed by atoms with E-state index < -0.39 is 0 Å². The summed E-state index contributed by atoms with van der Waals surface area (Å²) in [4.78, 5) is 8.52. The van der Waals surface area contributed by atoms with Gasteiger partial charge in [0.05, 0.1) is 18.2 Å². The summed E-state index contributed by atoms with van der Waals surface area (Å²) in [5.74, 6) is 0. The first-order chi connectivity index (χ1) is 8.61. The maximum absolute atomic E-state index is 4.54. The Morgan fingerprint density at radius 2 is 2.06 bits per heavy atom. The summed E-state index contributed by atoms with van der Waals surface area (Å²) >= 11 is 0. The minimum atomic E-state index is 1.03. The molecule has 2 aromatic heterocycles. The molecule has 0 fully saturated rings. The minimum absolute atomic E-state index is 1.03. The summed E-state index contributed by atoms with van der Waals surface area (Å²) in [6.45, 7) is 1.97. The highest BCUT2D eigenvalue weighted by Gasteiger charge is 1.90. The monoisotopic (exact) mass is 247 g/mol. The number of rotatable bonds is 2.